The monoisotopic (exact) mass is 397 g/mol. The van der Waals surface area contributed by atoms with Crippen LogP contribution in [0.5, 0.6) is 11.5 Å². The molecule has 0 spiro atoms. The number of anilines is 1. The topological polar surface area (TPSA) is 73.3 Å². The molecular formula is C18H24ClN3O3S. The third kappa shape index (κ3) is 5.32. The van der Waals surface area contributed by atoms with E-state index in [4.69, 9.17) is 21.1 Å². The van der Waals surface area contributed by atoms with Crippen LogP contribution in [0.3, 0.4) is 0 Å². The Hall–Kier alpha value is -1.86. The molecule has 0 aliphatic rings. The number of halogens is 1. The number of aromatic nitrogens is 2. The van der Waals surface area contributed by atoms with Gasteiger partial charge in [-0.15, -0.1) is 10.2 Å². The number of carbonyl (C=O) groups is 1. The smallest absolute Gasteiger partial charge is 0.257 e. The number of methoxy groups -OCH3 is 1. The summed E-state index contributed by atoms with van der Waals surface area (Å²) in [5, 5.41) is 12.4. The largest absolute Gasteiger partial charge is 0.493 e. The van der Waals surface area contributed by atoms with Crippen molar-refractivity contribution >= 4 is 34.0 Å². The van der Waals surface area contributed by atoms with Crippen molar-refractivity contribution in [1.29, 1.82) is 0 Å². The fourth-order valence-corrected chi connectivity index (χ4v) is 3.08. The molecule has 142 valence electrons. The van der Waals surface area contributed by atoms with Crippen LogP contribution in [0.4, 0.5) is 5.13 Å². The molecule has 0 saturated heterocycles. The van der Waals surface area contributed by atoms with Gasteiger partial charge in [0.1, 0.15) is 5.01 Å². The maximum absolute atomic E-state index is 12.5. The minimum absolute atomic E-state index is 0.259. The maximum atomic E-state index is 12.5. The van der Waals surface area contributed by atoms with Crippen LogP contribution >= 0.6 is 22.9 Å². The van der Waals surface area contributed by atoms with Crippen molar-refractivity contribution in [2.75, 3.05) is 19.0 Å². The van der Waals surface area contributed by atoms with E-state index in [1.807, 2.05) is 13.8 Å². The molecule has 0 atom stereocenters. The number of amides is 1. The molecule has 0 aliphatic heterocycles. The number of hydrogen-bond acceptors (Lipinski definition) is 6. The lowest BCUT2D eigenvalue weighted by Gasteiger charge is -2.14. The fraction of sp³-hybridized carbons (Fsp3) is 0.500. The maximum Gasteiger partial charge on any atom is 0.257 e. The lowest BCUT2D eigenvalue weighted by Crippen LogP contribution is -2.12. The minimum Gasteiger partial charge on any atom is -0.493 e. The van der Waals surface area contributed by atoms with Crippen LogP contribution in [0.25, 0.3) is 0 Å². The minimum atomic E-state index is -0.328. The molecule has 1 aromatic heterocycles. The first-order valence-electron chi connectivity index (χ1n) is 8.46. The summed E-state index contributed by atoms with van der Waals surface area (Å²) in [6.45, 7) is 8.81. The molecule has 0 saturated carbocycles. The van der Waals surface area contributed by atoms with Gasteiger partial charge < -0.3 is 9.47 Å². The SMILES string of the molecule is COc1cc(C(=O)Nc2nnc(C(C)C)s2)cc(Cl)c1OCCC(C)C. The van der Waals surface area contributed by atoms with E-state index >= 15 is 0 Å². The van der Waals surface area contributed by atoms with Crippen LogP contribution in [-0.4, -0.2) is 29.8 Å². The summed E-state index contributed by atoms with van der Waals surface area (Å²) in [5.41, 5.74) is 0.365. The van der Waals surface area contributed by atoms with Gasteiger partial charge in [0.05, 0.1) is 18.7 Å². The Bertz CT molecular complexity index is 762. The van der Waals surface area contributed by atoms with Gasteiger partial charge in [-0.2, -0.15) is 0 Å². The Kier molecular flexibility index (Phi) is 7.23. The van der Waals surface area contributed by atoms with E-state index in [9.17, 15) is 4.79 Å². The molecule has 0 aliphatic carbocycles. The highest BCUT2D eigenvalue weighted by molar-refractivity contribution is 7.15. The summed E-state index contributed by atoms with van der Waals surface area (Å²) in [7, 11) is 1.52. The highest BCUT2D eigenvalue weighted by Crippen LogP contribution is 2.37. The van der Waals surface area contributed by atoms with Crippen LogP contribution in [-0.2, 0) is 0 Å². The molecular weight excluding hydrogens is 374 g/mol. The zero-order valence-electron chi connectivity index (χ0n) is 15.6. The van der Waals surface area contributed by atoms with E-state index in [0.29, 0.717) is 39.7 Å². The summed E-state index contributed by atoms with van der Waals surface area (Å²) in [5.74, 6) is 1.32. The van der Waals surface area contributed by atoms with Gasteiger partial charge in [0, 0.05) is 11.5 Å². The van der Waals surface area contributed by atoms with Crippen molar-refractivity contribution in [3.05, 3.63) is 27.7 Å². The summed E-state index contributed by atoms with van der Waals surface area (Å²) < 4.78 is 11.1. The number of ether oxygens (including phenoxy) is 2. The molecule has 0 bridgehead atoms. The second-order valence-corrected chi connectivity index (χ2v) is 7.99. The molecule has 0 fully saturated rings. The quantitative estimate of drug-likeness (QED) is 0.678. The number of nitrogens with zero attached hydrogens (tertiary/aromatic N) is 2. The van der Waals surface area contributed by atoms with Crippen LogP contribution in [0.1, 0.15) is 55.4 Å². The first-order chi connectivity index (χ1) is 12.3. The predicted molar refractivity (Wildman–Crippen MR) is 105 cm³/mol. The molecule has 0 radical (unpaired) electrons. The summed E-state index contributed by atoms with van der Waals surface area (Å²) in [4.78, 5) is 12.5. The number of hydrogen-bond donors (Lipinski definition) is 1. The number of carbonyl (C=O) groups excluding carboxylic acids is 1. The van der Waals surface area contributed by atoms with Crippen molar-refractivity contribution in [1.82, 2.24) is 10.2 Å². The van der Waals surface area contributed by atoms with Crippen LogP contribution < -0.4 is 14.8 Å². The first-order valence-corrected chi connectivity index (χ1v) is 9.66. The first kappa shape index (κ1) is 20.5. The highest BCUT2D eigenvalue weighted by Gasteiger charge is 2.18. The van der Waals surface area contributed by atoms with Crippen LogP contribution in [0, 0.1) is 5.92 Å². The second-order valence-electron chi connectivity index (χ2n) is 6.57. The Labute approximate surface area is 162 Å². The van der Waals surface area contributed by atoms with E-state index in [-0.39, 0.29) is 11.8 Å². The Balaban J connectivity index is 2.15. The molecule has 1 heterocycles. The fourth-order valence-electron chi connectivity index (χ4n) is 2.08. The second kappa shape index (κ2) is 9.19. The summed E-state index contributed by atoms with van der Waals surface area (Å²) in [6, 6.07) is 3.17. The number of nitrogens with one attached hydrogen (secondary N) is 1. The molecule has 1 aromatic carbocycles. The lowest BCUT2D eigenvalue weighted by atomic mass is 10.1. The van der Waals surface area contributed by atoms with Crippen molar-refractivity contribution in [2.24, 2.45) is 5.92 Å². The van der Waals surface area contributed by atoms with E-state index in [1.165, 1.54) is 18.4 Å². The molecule has 1 amide bonds. The van der Waals surface area contributed by atoms with Gasteiger partial charge in [0.25, 0.3) is 5.91 Å². The molecule has 26 heavy (non-hydrogen) atoms. The standard InChI is InChI=1S/C18H24ClN3O3S/c1-10(2)6-7-25-15-13(19)8-12(9-14(15)24-5)16(23)20-18-22-21-17(26-18)11(3)4/h8-11H,6-7H2,1-5H3,(H,20,22,23). The van der Waals surface area contributed by atoms with Gasteiger partial charge in [0.2, 0.25) is 5.13 Å². The summed E-state index contributed by atoms with van der Waals surface area (Å²) >= 11 is 7.66. The molecule has 8 heteroatoms. The Morgan fingerprint density at radius 2 is 2.00 bits per heavy atom. The average Bonchev–Trinajstić information content (AvgIpc) is 3.04. The van der Waals surface area contributed by atoms with Crippen molar-refractivity contribution in [2.45, 2.75) is 40.0 Å². The Morgan fingerprint density at radius 1 is 1.27 bits per heavy atom. The molecule has 0 unspecified atom stereocenters. The normalized spacial score (nSPS) is 11.1. The van der Waals surface area contributed by atoms with Crippen LogP contribution in [0.15, 0.2) is 12.1 Å². The predicted octanol–water partition coefficient (Wildman–Crippen LogP) is 5.00. The van der Waals surface area contributed by atoms with Crippen molar-refractivity contribution < 1.29 is 14.3 Å². The lowest BCUT2D eigenvalue weighted by molar-refractivity contribution is 0.102. The molecule has 1 N–H and O–H groups in total. The van der Waals surface area contributed by atoms with Gasteiger partial charge in [0.15, 0.2) is 11.5 Å². The zero-order chi connectivity index (χ0) is 19.3. The van der Waals surface area contributed by atoms with Crippen molar-refractivity contribution in [3.8, 4) is 11.5 Å². The van der Waals surface area contributed by atoms with Gasteiger partial charge in [-0.25, -0.2) is 0 Å². The van der Waals surface area contributed by atoms with Crippen LogP contribution in [0.2, 0.25) is 5.02 Å². The third-order valence-electron chi connectivity index (χ3n) is 3.59. The van der Waals surface area contributed by atoms with Gasteiger partial charge >= 0.3 is 0 Å². The van der Waals surface area contributed by atoms with Gasteiger partial charge in [-0.1, -0.05) is 50.6 Å². The third-order valence-corrected chi connectivity index (χ3v) is 5.01. The number of benzene rings is 1. The average molecular weight is 398 g/mol. The summed E-state index contributed by atoms with van der Waals surface area (Å²) in [6.07, 6.45) is 0.900. The molecule has 2 rings (SSSR count). The van der Waals surface area contributed by atoms with E-state index in [1.54, 1.807) is 12.1 Å². The zero-order valence-corrected chi connectivity index (χ0v) is 17.2. The van der Waals surface area contributed by atoms with Crippen molar-refractivity contribution in [3.63, 3.8) is 0 Å². The van der Waals surface area contributed by atoms with E-state index in [0.717, 1.165) is 11.4 Å². The van der Waals surface area contributed by atoms with E-state index < -0.39 is 0 Å². The highest BCUT2D eigenvalue weighted by atomic mass is 35.5. The Morgan fingerprint density at radius 3 is 2.58 bits per heavy atom. The van der Waals surface area contributed by atoms with Gasteiger partial charge in [-0.05, 0) is 24.5 Å². The van der Waals surface area contributed by atoms with E-state index in [2.05, 4.69) is 29.4 Å². The molecule has 2 aromatic rings. The number of rotatable bonds is 8. The van der Waals surface area contributed by atoms with Gasteiger partial charge in [-0.3, -0.25) is 10.1 Å². The molecule has 6 nitrogen and oxygen atoms in total.